The highest BCUT2D eigenvalue weighted by Gasteiger charge is 2.28. The van der Waals surface area contributed by atoms with Gasteiger partial charge in [-0.05, 0) is 32.3 Å². The van der Waals surface area contributed by atoms with Crippen LogP contribution in [0.3, 0.4) is 0 Å². The predicted octanol–water partition coefficient (Wildman–Crippen LogP) is 2.53. The summed E-state index contributed by atoms with van der Waals surface area (Å²) < 4.78 is 27.2. The van der Waals surface area contributed by atoms with Crippen LogP contribution in [0.5, 0.6) is 0 Å². The van der Waals surface area contributed by atoms with Gasteiger partial charge in [0, 0.05) is 30.6 Å². The number of H-pyrrole nitrogens is 1. The topological polar surface area (TPSA) is 87.5 Å². The van der Waals surface area contributed by atoms with Gasteiger partial charge in [0.05, 0.1) is 17.1 Å². The van der Waals surface area contributed by atoms with E-state index in [0.29, 0.717) is 31.6 Å². The molecule has 0 radical (unpaired) electrons. The molecule has 0 atom stereocenters. The van der Waals surface area contributed by atoms with Crippen LogP contribution in [0.1, 0.15) is 36.9 Å². The van der Waals surface area contributed by atoms with E-state index in [1.165, 1.54) is 4.52 Å². The summed E-state index contributed by atoms with van der Waals surface area (Å²) in [5.74, 6) is 0.212. The van der Waals surface area contributed by atoms with Crippen LogP contribution in [-0.4, -0.2) is 46.2 Å². The van der Waals surface area contributed by atoms with Crippen molar-refractivity contribution in [2.75, 3.05) is 18.8 Å². The van der Waals surface area contributed by atoms with Gasteiger partial charge >= 0.3 is 0 Å². The molecule has 0 saturated carbocycles. The molecular weight excluding hydrogens is 376 g/mol. The van der Waals surface area contributed by atoms with Crippen molar-refractivity contribution in [2.24, 2.45) is 0 Å². The maximum Gasteiger partial charge on any atom is 0.272 e. The van der Waals surface area contributed by atoms with Crippen LogP contribution in [0.15, 0.2) is 41.2 Å². The number of fused-ring (bicyclic) bond motifs is 1. The Morgan fingerprint density at radius 1 is 1.18 bits per heavy atom. The number of aryl methyl sites for hydroxylation is 1. The van der Waals surface area contributed by atoms with Crippen molar-refractivity contribution in [1.29, 1.82) is 0 Å². The number of hydrogen-bond donors (Lipinski definition) is 1. The SMILES string of the molecule is CCS(=O)(=O)N1CCC(c2cc(=O)n3[nH]c(-c4ccccc4)c(C)c3n2)CC1. The lowest BCUT2D eigenvalue weighted by Crippen LogP contribution is -2.39. The van der Waals surface area contributed by atoms with Crippen molar-refractivity contribution in [1.82, 2.24) is 18.9 Å². The van der Waals surface area contributed by atoms with E-state index in [1.807, 2.05) is 37.3 Å². The van der Waals surface area contributed by atoms with Crippen LogP contribution >= 0.6 is 0 Å². The standard InChI is InChI=1S/C20H24N4O3S/c1-3-28(26,27)23-11-9-15(10-12-23)17-13-18(25)24-20(21-17)14(2)19(22-24)16-7-5-4-6-8-16/h4-8,13,15,22H,3,9-12H2,1-2H3. The Kier molecular flexibility index (Phi) is 4.84. The molecule has 0 unspecified atom stereocenters. The maximum atomic E-state index is 12.7. The summed E-state index contributed by atoms with van der Waals surface area (Å²) in [5, 5.41) is 3.17. The summed E-state index contributed by atoms with van der Waals surface area (Å²) in [5.41, 5.74) is 4.05. The number of nitrogens with one attached hydrogen (secondary N) is 1. The van der Waals surface area contributed by atoms with Gasteiger partial charge in [-0.3, -0.25) is 9.89 Å². The molecule has 1 N–H and O–H groups in total. The molecule has 1 aliphatic heterocycles. The first-order valence-electron chi connectivity index (χ1n) is 9.56. The largest absolute Gasteiger partial charge is 0.289 e. The van der Waals surface area contributed by atoms with E-state index < -0.39 is 10.0 Å². The van der Waals surface area contributed by atoms with E-state index in [1.54, 1.807) is 17.3 Å². The highest BCUT2D eigenvalue weighted by Crippen LogP contribution is 2.29. The van der Waals surface area contributed by atoms with E-state index in [4.69, 9.17) is 4.98 Å². The van der Waals surface area contributed by atoms with Crippen LogP contribution < -0.4 is 5.56 Å². The molecule has 1 saturated heterocycles. The van der Waals surface area contributed by atoms with Gasteiger partial charge in [0.15, 0.2) is 5.65 Å². The van der Waals surface area contributed by atoms with Gasteiger partial charge in [-0.2, -0.15) is 0 Å². The minimum Gasteiger partial charge on any atom is -0.289 e. The van der Waals surface area contributed by atoms with Crippen LogP contribution in [0.4, 0.5) is 0 Å². The predicted molar refractivity (Wildman–Crippen MR) is 109 cm³/mol. The number of aromatic nitrogens is 3. The Morgan fingerprint density at radius 2 is 1.86 bits per heavy atom. The van der Waals surface area contributed by atoms with Gasteiger partial charge in [0.1, 0.15) is 0 Å². The fourth-order valence-corrected chi connectivity index (χ4v) is 5.01. The Balaban J connectivity index is 1.67. The van der Waals surface area contributed by atoms with Crippen molar-refractivity contribution in [3.05, 3.63) is 58.0 Å². The average molecular weight is 401 g/mol. The maximum absolute atomic E-state index is 12.7. The van der Waals surface area contributed by atoms with Gasteiger partial charge in [-0.25, -0.2) is 22.2 Å². The number of rotatable bonds is 4. The molecular formula is C20H24N4O3S. The number of benzene rings is 1. The minimum absolute atomic E-state index is 0.0930. The summed E-state index contributed by atoms with van der Waals surface area (Å²) in [6.07, 6.45) is 1.35. The Bertz CT molecular complexity index is 1160. The molecule has 1 aliphatic rings. The number of hydrogen-bond acceptors (Lipinski definition) is 4. The molecule has 148 valence electrons. The van der Waals surface area contributed by atoms with Crippen LogP contribution in [0, 0.1) is 6.92 Å². The normalized spacial score (nSPS) is 16.6. The fourth-order valence-electron chi connectivity index (χ4n) is 3.87. The van der Waals surface area contributed by atoms with Gasteiger partial charge < -0.3 is 0 Å². The summed E-state index contributed by atoms with van der Waals surface area (Å²) in [6, 6.07) is 11.4. The van der Waals surface area contributed by atoms with Crippen molar-refractivity contribution in [3.8, 4) is 11.3 Å². The lowest BCUT2D eigenvalue weighted by Gasteiger charge is -2.30. The zero-order valence-electron chi connectivity index (χ0n) is 16.1. The number of sulfonamides is 1. The van der Waals surface area contributed by atoms with E-state index in [2.05, 4.69) is 5.10 Å². The van der Waals surface area contributed by atoms with Crippen LogP contribution in [0.2, 0.25) is 0 Å². The van der Waals surface area contributed by atoms with Crippen molar-refractivity contribution in [2.45, 2.75) is 32.6 Å². The Morgan fingerprint density at radius 3 is 2.50 bits per heavy atom. The molecule has 7 nitrogen and oxygen atoms in total. The van der Waals surface area contributed by atoms with Crippen molar-refractivity contribution >= 4 is 15.7 Å². The van der Waals surface area contributed by atoms with E-state index in [-0.39, 0.29) is 17.2 Å². The van der Waals surface area contributed by atoms with E-state index >= 15 is 0 Å². The molecule has 1 fully saturated rings. The smallest absolute Gasteiger partial charge is 0.272 e. The zero-order chi connectivity index (χ0) is 19.9. The van der Waals surface area contributed by atoms with Gasteiger partial charge in [0.2, 0.25) is 10.0 Å². The van der Waals surface area contributed by atoms with E-state index in [9.17, 15) is 13.2 Å². The molecule has 0 amide bonds. The lowest BCUT2D eigenvalue weighted by molar-refractivity contribution is 0.317. The highest BCUT2D eigenvalue weighted by atomic mass is 32.2. The molecule has 0 bridgehead atoms. The number of piperidine rings is 1. The zero-order valence-corrected chi connectivity index (χ0v) is 16.9. The molecule has 2 aromatic heterocycles. The first-order valence-corrected chi connectivity index (χ1v) is 11.2. The third-order valence-corrected chi connectivity index (χ3v) is 7.45. The third kappa shape index (κ3) is 3.27. The third-order valence-electron chi connectivity index (χ3n) is 5.57. The van der Waals surface area contributed by atoms with Crippen molar-refractivity contribution in [3.63, 3.8) is 0 Å². The molecule has 8 heteroatoms. The summed E-state index contributed by atoms with van der Waals surface area (Å²) in [6.45, 7) is 4.57. The number of nitrogens with zero attached hydrogens (tertiary/aromatic N) is 3. The first-order chi connectivity index (χ1) is 13.4. The average Bonchev–Trinajstić information content (AvgIpc) is 3.06. The summed E-state index contributed by atoms with van der Waals surface area (Å²) in [4.78, 5) is 17.5. The van der Waals surface area contributed by atoms with Crippen LogP contribution in [-0.2, 0) is 10.0 Å². The highest BCUT2D eigenvalue weighted by molar-refractivity contribution is 7.89. The quantitative estimate of drug-likeness (QED) is 0.729. The molecule has 0 aliphatic carbocycles. The lowest BCUT2D eigenvalue weighted by atomic mass is 9.94. The van der Waals surface area contributed by atoms with Crippen LogP contribution in [0.25, 0.3) is 16.9 Å². The second-order valence-electron chi connectivity index (χ2n) is 7.23. The molecule has 0 spiro atoms. The van der Waals surface area contributed by atoms with Crippen molar-refractivity contribution < 1.29 is 8.42 Å². The Hall–Kier alpha value is -2.45. The molecule has 1 aromatic carbocycles. The summed E-state index contributed by atoms with van der Waals surface area (Å²) in [7, 11) is -3.16. The number of aromatic amines is 1. The Labute approximate surface area is 164 Å². The minimum atomic E-state index is -3.16. The molecule has 28 heavy (non-hydrogen) atoms. The van der Waals surface area contributed by atoms with Gasteiger partial charge in [-0.1, -0.05) is 30.3 Å². The second kappa shape index (κ2) is 7.18. The molecule has 3 aromatic rings. The molecule has 3 heterocycles. The van der Waals surface area contributed by atoms with Gasteiger partial charge in [-0.15, -0.1) is 0 Å². The fraction of sp³-hybridized carbons (Fsp3) is 0.400. The monoisotopic (exact) mass is 400 g/mol. The second-order valence-corrected chi connectivity index (χ2v) is 9.49. The molecule has 4 rings (SSSR count). The van der Waals surface area contributed by atoms with E-state index in [0.717, 1.165) is 22.5 Å². The van der Waals surface area contributed by atoms with Gasteiger partial charge in [0.25, 0.3) is 5.56 Å². The first kappa shape index (κ1) is 18.9. The summed E-state index contributed by atoms with van der Waals surface area (Å²) >= 11 is 0.